The topological polar surface area (TPSA) is 32.3 Å². The standard InChI is InChI=1S/C14H17F3N2OS/c1-9(8-21-2)19-12(20)7-18-13(19)10-3-5-11(6-4-10)14(15,16)17/h3-6,9,13,18H,7-8H2,1-2H3. The fourth-order valence-electron chi connectivity index (χ4n) is 2.47. The second-order valence-electron chi connectivity index (χ2n) is 5.01. The van der Waals surface area contributed by atoms with Crippen LogP contribution in [0.15, 0.2) is 24.3 Å². The summed E-state index contributed by atoms with van der Waals surface area (Å²) < 4.78 is 37.7. The predicted molar refractivity (Wildman–Crippen MR) is 76.9 cm³/mol. The van der Waals surface area contributed by atoms with Crippen LogP contribution in [0.5, 0.6) is 0 Å². The van der Waals surface area contributed by atoms with E-state index in [4.69, 9.17) is 0 Å². The van der Waals surface area contributed by atoms with E-state index in [1.807, 2.05) is 13.2 Å². The van der Waals surface area contributed by atoms with E-state index >= 15 is 0 Å². The van der Waals surface area contributed by atoms with E-state index in [2.05, 4.69) is 5.32 Å². The second-order valence-corrected chi connectivity index (χ2v) is 5.92. The molecule has 1 saturated heterocycles. The Morgan fingerprint density at radius 2 is 2.00 bits per heavy atom. The minimum Gasteiger partial charge on any atom is -0.318 e. The lowest BCUT2D eigenvalue weighted by Crippen LogP contribution is -2.39. The molecule has 2 rings (SSSR count). The van der Waals surface area contributed by atoms with Gasteiger partial charge in [0.2, 0.25) is 5.91 Å². The third-order valence-corrected chi connectivity index (χ3v) is 4.27. The van der Waals surface area contributed by atoms with Crippen molar-refractivity contribution in [3.05, 3.63) is 35.4 Å². The zero-order valence-corrected chi connectivity index (χ0v) is 12.6. The minimum atomic E-state index is -4.34. The first-order valence-electron chi connectivity index (χ1n) is 6.55. The van der Waals surface area contributed by atoms with Gasteiger partial charge in [0.1, 0.15) is 6.17 Å². The molecule has 0 saturated carbocycles. The van der Waals surface area contributed by atoms with Crippen molar-refractivity contribution in [1.82, 2.24) is 10.2 Å². The number of hydrogen-bond donors (Lipinski definition) is 1. The van der Waals surface area contributed by atoms with Gasteiger partial charge in [0.15, 0.2) is 0 Å². The van der Waals surface area contributed by atoms with Gasteiger partial charge in [0.25, 0.3) is 0 Å². The maximum atomic E-state index is 12.6. The molecule has 0 spiro atoms. The van der Waals surface area contributed by atoms with Gasteiger partial charge in [-0.05, 0) is 30.9 Å². The fourth-order valence-corrected chi connectivity index (χ4v) is 3.12. The molecular weight excluding hydrogens is 301 g/mol. The van der Waals surface area contributed by atoms with Crippen LogP contribution in [-0.4, -0.2) is 35.4 Å². The molecule has 1 heterocycles. The van der Waals surface area contributed by atoms with Crippen molar-refractivity contribution in [1.29, 1.82) is 0 Å². The van der Waals surface area contributed by atoms with Crippen LogP contribution >= 0.6 is 11.8 Å². The van der Waals surface area contributed by atoms with Crippen molar-refractivity contribution in [2.24, 2.45) is 0 Å². The molecule has 2 atom stereocenters. The van der Waals surface area contributed by atoms with Crippen LogP contribution in [0.1, 0.15) is 24.2 Å². The first kappa shape index (κ1) is 16.2. The Morgan fingerprint density at radius 1 is 1.38 bits per heavy atom. The molecule has 2 unspecified atom stereocenters. The van der Waals surface area contributed by atoms with E-state index in [9.17, 15) is 18.0 Å². The molecule has 0 aliphatic carbocycles. The highest BCUT2D eigenvalue weighted by molar-refractivity contribution is 7.98. The average Bonchev–Trinajstić information content (AvgIpc) is 2.80. The molecule has 1 aliphatic heterocycles. The molecule has 21 heavy (non-hydrogen) atoms. The van der Waals surface area contributed by atoms with E-state index in [1.165, 1.54) is 12.1 Å². The van der Waals surface area contributed by atoms with Crippen LogP contribution in [0, 0.1) is 0 Å². The van der Waals surface area contributed by atoms with E-state index in [-0.39, 0.29) is 24.7 Å². The first-order valence-corrected chi connectivity index (χ1v) is 7.94. The smallest absolute Gasteiger partial charge is 0.318 e. The molecule has 116 valence electrons. The normalized spacial score (nSPS) is 20.9. The molecule has 7 heteroatoms. The summed E-state index contributed by atoms with van der Waals surface area (Å²) in [5, 5.41) is 3.06. The molecular formula is C14H17F3N2OS. The SMILES string of the molecule is CSCC(C)N1C(=O)CNC1c1ccc(C(F)(F)F)cc1. The van der Waals surface area contributed by atoms with E-state index in [0.29, 0.717) is 5.56 Å². The van der Waals surface area contributed by atoms with Gasteiger partial charge in [0, 0.05) is 11.8 Å². The van der Waals surface area contributed by atoms with Crippen molar-refractivity contribution in [2.75, 3.05) is 18.6 Å². The number of nitrogens with one attached hydrogen (secondary N) is 1. The van der Waals surface area contributed by atoms with E-state index in [1.54, 1.807) is 16.7 Å². The van der Waals surface area contributed by atoms with Gasteiger partial charge in [0.05, 0.1) is 12.1 Å². The molecule has 0 aromatic heterocycles. The molecule has 3 nitrogen and oxygen atoms in total. The van der Waals surface area contributed by atoms with E-state index in [0.717, 1.165) is 17.9 Å². The molecule has 1 aliphatic rings. The number of rotatable bonds is 4. The van der Waals surface area contributed by atoms with Crippen LogP contribution in [0.25, 0.3) is 0 Å². The number of carbonyl (C=O) groups is 1. The molecule has 1 fully saturated rings. The summed E-state index contributed by atoms with van der Waals surface area (Å²) in [6.45, 7) is 2.16. The quantitative estimate of drug-likeness (QED) is 0.926. The summed E-state index contributed by atoms with van der Waals surface area (Å²) >= 11 is 1.63. The number of hydrogen-bond acceptors (Lipinski definition) is 3. The predicted octanol–water partition coefficient (Wildman–Crippen LogP) is 2.89. The lowest BCUT2D eigenvalue weighted by Gasteiger charge is -2.30. The maximum Gasteiger partial charge on any atom is 0.416 e. The molecule has 0 radical (unpaired) electrons. The Labute approximate surface area is 125 Å². The molecule has 1 aromatic rings. The number of benzene rings is 1. The Hall–Kier alpha value is -1.21. The third kappa shape index (κ3) is 3.52. The second kappa shape index (κ2) is 6.27. The highest BCUT2D eigenvalue weighted by atomic mass is 32.2. The average molecular weight is 318 g/mol. The number of amides is 1. The summed E-state index contributed by atoms with van der Waals surface area (Å²) in [6.07, 6.45) is -2.75. The molecule has 1 aromatic carbocycles. The van der Waals surface area contributed by atoms with Crippen molar-refractivity contribution in [3.8, 4) is 0 Å². The Balaban J connectivity index is 2.22. The van der Waals surface area contributed by atoms with Gasteiger partial charge in [-0.3, -0.25) is 10.1 Å². The molecule has 1 N–H and O–H groups in total. The van der Waals surface area contributed by atoms with Crippen molar-refractivity contribution < 1.29 is 18.0 Å². The zero-order valence-electron chi connectivity index (χ0n) is 11.8. The lowest BCUT2D eigenvalue weighted by atomic mass is 10.1. The largest absolute Gasteiger partial charge is 0.416 e. The monoisotopic (exact) mass is 318 g/mol. The van der Waals surface area contributed by atoms with Crippen molar-refractivity contribution >= 4 is 17.7 Å². The van der Waals surface area contributed by atoms with Gasteiger partial charge in [-0.15, -0.1) is 0 Å². The van der Waals surface area contributed by atoms with Gasteiger partial charge < -0.3 is 4.90 Å². The fraction of sp³-hybridized carbons (Fsp3) is 0.500. The number of nitrogens with zero attached hydrogens (tertiary/aromatic N) is 1. The number of thioether (sulfide) groups is 1. The third-order valence-electron chi connectivity index (χ3n) is 3.45. The van der Waals surface area contributed by atoms with Crippen LogP contribution in [0.3, 0.4) is 0 Å². The number of alkyl halides is 3. The number of halogens is 3. The molecule has 0 bridgehead atoms. The van der Waals surface area contributed by atoms with Crippen molar-refractivity contribution in [2.45, 2.75) is 25.3 Å². The van der Waals surface area contributed by atoms with Crippen LogP contribution in [0.2, 0.25) is 0 Å². The van der Waals surface area contributed by atoms with Crippen LogP contribution < -0.4 is 5.32 Å². The van der Waals surface area contributed by atoms with Crippen molar-refractivity contribution in [3.63, 3.8) is 0 Å². The Kier molecular flexibility index (Phi) is 4.83. The summed E-state index contributed by atoms with van der Waals surface area (Å²) in [5.74, 6) is 0.756. The first-order chi connectivity index (χ1) is 9.84. The summed E-state index contributed by atoms with van der Waals surface area (Å²) in [5.41, 5.74) is -0.0129. The highest BCUT2D eigenvalue weighted by Crippen LogP contribution is 2.31. The lowest BCUT2D eigenvalue weighted by molar-refractivity contribution is -0.137. The van der Waals surface area contributed by atoms with Gasteiger partial charge >= 0.3 is 6.18 Å². The zero-order chi connectivity index (χ0) is 15.6. The van der Waals surface area contributed by atoms with Gasteiger partial charge in [-0.2, -0.15) is 24.9 Å². The summed E-state index contributed by atoms with van der Waals surface area (Å²) in [6, 6.07) is 4.99. The highest BCUT2D eigenvalue weighted by Gasteiger charge is 2.35. The summed E-state index contributed by atoms with van der Waals surface area (Å²) in [4.78, 5) is 13.7. The van der Waals surface area contributed by atoms with Gasteiger partial charge in [-0.1, -0.05) is 12.1 Å². The number of carbonyl (C=O) groups excluding carboxylic acids is 1. The maximum absolute atomic E-state index is 12.6. The van der Waals surface area contributed by atoms with Crippen LogP contribution in [-0.2, 0) is 11.0 Å². The molecule has 1 amide bonds. The van der Waals surface area contributed by atoms with Gasteiger partial charge in [-0.25, -0.2) is 0 Å². The minimum absolute atomic E-state index is 0.0230. The van der Waals surface area contributed by atoms with Crippen LogP contribution in [0.4, 0.5) is 13.2 Å². The Bertz CT molecular complexity index is 504. The Morgan fingerprint density at radius 3 is 2.52 bits per heavy atom. The summed E-state index contributed by atoms with van der Waals surface area (Å²) in [7, 11) is 0. The van der Waals surface area contributed by atoms with E-state index < -0.39 is 11.7 Å².